The lowest BCUT2D eigenvalue weighted by Gasteiger charge is -2.41. The van der Waals surface area contributed by atoms with Crippen LogP contribution in [0.1, 0.15) is 0 Å². The van der Waals surface area contributed by atoms with E-state index in [4.69, 9.17) is 18.9 Å². The van der Waals surface area contributed by atoms with E-state index in [1.54, 1.807) is 0 Å². The minimum atomic E-state index is -8.57. The van der Waals surface area contributed by atoms with E-state index in [-0.39, 0.29) is 12.2 Å². The number of alkyl halides is 17. The van der Waals surface area contributed by atoms with Crippen LogP contribution in [0, 0.1) is 10.8 Å². The van der Waals surface area contributed by atoms with Crippen molar-refractivity contribution in [2.24, 2.45) is 10.8 Å². The van der Waals surface area contributed by atoms with E-state index >= 15 is 8.78 Å². The van der Waals surface area contributed by atoms with Crippen molar-refractivity contribution < 1.29 is 132 Å². The molecule has 0 atom stereocenters. The highest BCUT2D eigenvalue weighted by Gasteiger charge is 2.88. The smallest absolute Gasteiger partial charge is 0.449 e. The third kappa shape index (κ3) is 14.7. The van der Waals surface area contributed by atoms with Gasteiger partial charge in [0.25, 0.3) is 0 Å². The van der Waals surface area contributed by atoms with Crippen molar-refractivity contribution in [1.82, 2.24) is 0 Å². The van der Waals surface area contributed by atoms with E-state index < -0.39 is 147 Å². The molecule has 0 aliphatic heterocycles. The molecule has 0 radical (unpaired) electrons. The molecule has 0 N–H and O–H groups in total. The molecule has 0 spiro atoms. The largest absolute Gasteiger partial charge is 0.488 e. The molecule has 0 aromatic carbocycles. The Bertz CT molecular complexity index is 1590. The van der Waals surface area contributed by atoms with Crippen molar-refractivity contribution in [3.8, 4) is 0 Å². The molecule has 0 heterocycles. The summed E-state index contributed by atoms with van der Waals surface area (Å²) >= 11 is 0. The zero-order valence-electron chi connectivity index (χ0n) is 31.4. The van der Waals surface area contributed by atoms with E-state index in [1.165, 1.54) is 0 Å². The molecular weight excluding hydrogens is 923 g/mol. The molecule has 12 nitrogen and oxygen atoms in total. The van der Waals surface area contributed by atoms with E-state index in [0.29, 0.717) is 18.2 Å². The Morgan fingerprint density at radius 2 is 0.556 bits per heavy atom. The maximum atomic E-state index is 15.4. The maximum absolute atomic E-state index is 15.4. The summed E-state index contributed by atoms with van der Waals surface area (Å²) in [6, 6.07) is 0. The highest BCUT2D eigenvalue weighted by Crippen LogP contribution is 2.63. The van der Waals surface area contributed by atoms with Crippen LogP contribution < -0.4 is 0 Å². The first-order valence-corrected chi connectivity index (χ1v) is 16.1. The summed E-state index contributed by atoms with van der Waals surface area (Å²) in [6.45, 7) is 2.22. The van der Waals surface area contributed by atoms with Gasteiger partial charge in [0.2, 0.25) is 5.76 Å². The molecule has 0 aromatic rings. The summed E-state index contributed by atoms with van der Waals surface area (Å²) in [4.78, 5) is 59.8. The van der Waals surface area contributed by atoms with Crippen LogP contribution >= 0.6 is 0 Å². The van der Waals surface area contributed by atoms with Crippen LogP contribution in [0.2, 0.25) is 0 Å². The number of halogens is 17. The number of esters is 5. The molecule has 0 aliphatic carbocycles. The quantitative estimate of drug-likeness (QED) is 0.0319. The van der Waals surface area contributed by atoms with Crippen molar-refractivity contribution >= 4 is 29.8 Å². The normalized spacial score (nSPS) is 13.1. The highest BCUT2D eigenvalue weighted by molar-refractivity contribution is 5.82. The van der Waals surface area contributed by atoms with Gasteiger partial charge in [0, 0.05) is 30.4 Å². The monoisotopic (exact) mass is 954 g/mol. The fourth-order valence-corrected chi connectivity index (χ4v) is 4.36. The van der Waals surface area contributed by atoms with Gasteiger partial charge in [-0.15, -0.1) is 0 Å². The van der Waals surface area contributed by atoms with Gasteiger partial charge in [-0.2, -0.15) is 65.9 Å². The Balaban J connectivity index is 8.49. The van der Waals surface area contributed by atoms with Gasteiger partial charge >= 0.3 is 72.1 Å². The third-order valence-electron chi connectivity index (χ3n) is 7.51. The van der Waals surface area contributed by atoms with Gasteiger partial charge in [-0.3, -0.25) is 0 Å². The third-order valence-corrected chi connectivity index (χ3v) is 7.51. The Labute approximate surface area is 342 Å². The topological polar surface area (TPSA) is 150 Å². The van der Waals surface area contributed by atoms with Crippen molar-refractivity contribution in [1.29, 1.82) is 0 Å². The Morgan fingerprint density at radius 3 is 0.730 bits per heavy atom. The summed E-state index contributed by atoms with van der Waals surface area (Å²) < 4.78 is 273. The van der Waals surface area contributed by atoms with Gasteiger partial charge in [0.15, 0.2) is 0 Å². The van der Waals surface area contributed by atoms with Crippen LogP contribution in [-0.4, -0.2) is 125 Å². The molecule has 0 unspecified atom stereocenters. The van der Waals surface area contributed by atoms with Crippen LogP contribution in [-0.2, 0) is 57.1 Å². The van der Waals surface area contributed by atoms with Crippen molar-refractivity contribution in [2.75, 3.05) is 52.9 Å². The SMILES string of the molecule is C=CC(=O)OCC(COCC(COC(=O)C=C)(COC(=O)C=C)COC(=C(C(F)(C(F)(F)F)C(F)(F)F)C(F)(C(F)(F)F)C(F)(F)F)C(F)(F)F)(COC(=O)C=C)COC(=O)C=C. The number of allylic oxidation sites excluding steroid dienone is 2. The second-order valence-corrected chi connectivity index (χ2v) is 12.4. The molecule has 0 bridgehead atoms. The predicted octanol–water partition coefficient (Wildman–Crippen LogP) is 7.12. The summed E-state index contributed by atoms with van der Waals surface area (Å²) in [5.74, 6) is -12.1. The highest BCUT2D eigenvalue weighted by atomic mass is 19.4. The number of hydrogen-bond donors (Lipinski definition) is 0. The molecule has 0 saturated carbocycles. The van der Waals surface area contributed by atoms with Crippen LogP contribution in [0.4, 0.5) is 74.6 Å². The summed E-state index contributed by atoms with van der Waals surface area (Å²) in [5, 5.41) is 0. The van der Waals surface area contributed by atoms with Crippen molar-refractivity contribution in [3.05, 3.63) is 74.6 Å². The molecule has 0 rings (SSSR count). The van der Waals surface area contributed by atoms with Gasteiger partial charge in [0.1, 0.15) is 39.6 Å². The molecule has 0 aliphatic rings. The first-order chi connectivity index (χ1) is 28.4. The second-order valence-electron chi connectivity index (χ2n) is 12.4. The fraction of sp³-hybridized carbons (Fsp3) is 0.500. The van der Waals surface area contributed by atoms with E-state index in [9.17, 15) is 89.8 Å². The second kappa shape index (κ2) is 21.6. The maximum Gasteiger partial charge on any atom is 0.449 e. The molecular formula is C34H31F17O12. The minimum Gasteiger partial charge on any atom is -0.488 e. The lowest BCUT2D eigenvalue weighted by Crippen LogP contribution is -2.66. The summed E-state index contributed by atoms with van der Waals surface area (Å²) in [7, 11) is 0. The van der Waals surface area contributed by atoms with Crippen LogP contribution in [0.5, 0.6) is 0 Å². The van der Waals surface area contributed by atoms with E-state index in [0.717, 1.165) is 0 Å². The van der Waals surface area contributed by atoms with Gasteiger partial charge in [-0.05, 0) is 0 Å². The number of ether oxygens (including phenoxy) is 7. The van der Waals surface area contributed by atoms with Crippen LogP contribution in [0.3, 0.4) is 0 Å². The standard InChI is InChI=1S/C34H31F17O12/c1-6-19(52)58-13-26(14-59-20(53)7-2,15-60-21(54)8-3)11-57-12-27(16-61-22(55)9-4,17-62-23(56)10-5)18-63-25(30(37,38)39)24(28(35,31(40,41)42)32(43,44)45)29(36,33(46,47)48)34(49,50)51/h6-10H,1-5,11-18H2. The number of carbonyl (C=O) groups excluding carboxylic acids is 5. The zero-order chi connectivity index (χ0) is 49.7. The van der Waals surface area contributed by atoms with Crippen LogP contribution in [0.25, 0.3) is 0 Å². The lowest BCUT2D eigenvalue weighted by atomic mass is 9.79. The Morgan fingerprint density at radius 1 is 0.349 bits per heavy atom. The molecule has 29 heteroatoms. The van der Waals surface area contributed by atoms with E-state index in [2.05, 4.69) is 47.1 Å². The molecule has 0 amide bonds. The van der Waals surface area contributed by atoms with E-state index in [1.807, 2.05) is 0 Å². The molecule has 0 aromatic heterocycles. The average Bonchev–Trinajstić information content (AvgIpc) is 3.17. The van der Waals surface area contributed by atoms with Gasteiger partial charge in [-0.25, -0.2) is 32.8 Å². The first kappa shape index (κ1) is 57.4. The van der Waals surface area contributed by atoms with Gasteiger partial charge in [-0.1, -0.05) is 32.9 Å². The first-order valence-electron chi connectivity index (χ1n) is 16.1. The summed E-state index contributed by atoms with van der Waals surface area (Å²) in [5.41, 5.74) is -28.5. The Hall–Kier alpha value is -5.64. The Kier molecular flexibility index (Phi) is 19.7. The number of hydrogen-bond acceptors (Lipinski definition) is 12. The molecule has 358 valence electrons. The molecule has 0 saturated heterocycles. The summed E-state index contributed by atoms with van der Waals surface area (Å²) in [6.07, 6.45) is -39.0. The number of carbonyl (C=O) groups is 5. The number of rotatable bonds is 24. The average molecular weight is 955 g/mol. The predicted molar refractivity (Wildman–Crippen MR) is 172 cm³/mol. The lowest BCUT2D eigenvalue weighted by molar-refractivity contribution is -0.366. The van der Waals surface area contributed by atoms with Crippen molar-refractivity contribution in [2.45, 2.75) is 42.2 Å². The van der Waals surface area contributed by atoms with Crippen molar-refractivity contribution in [3.63, 3.8) is 0 Å². The fourth-order valence-electron chi connectivity index (χ4n) is 4.36. The molecule has 63 heavy (non-hydrogen) atoms. The van der Waals surface area contributed by atoms with Crippen LogP contribution in [0.15, 0.2) is 74.6 Å². The minimum absolute atomic E-state index is 0.233. The zero-order valence-corrected chi connectivity index (χ0v) is 31.4. The van der Waals surface area contributed by atoms with Gasteiger partial charge < -0.3 is 33.2 Å². The molecule has 0 fully saturated rings. The van der Waals surface area contributed by atoms with Gasteiger partial charge in [0.05, 0.1) is 29.6 Å².